The van der Waals surface area contributed by atoms with Crippen LogP contribution in [0.25, 0.3) is 5.57 Å². The predicted octanol–water partition coefficient (Wildman–Crippen LogP) is 10.6. The summed E-state index contributed by atoms with van der Waals surface area (Å²) in [5.41, 5.74) is 11.7. The molecule has 0 saturated heterocycles. The lowest BCUT2D eigenvalue weighted by Gasteiger charge is -2.33. The Morgan fingerprint density at radius 2 is 1.68 bits per heavy atom. The summed E-state index contributed by atoms with van der Waals surface area (Å²) in [5.74, 6) is 0. The molecule has 0 amide bonds. The molecule has 1 aliphatic carbocycles. The summed E-state index contributed by atoms with van der Waals surface area (Å²) in [6, 6.07) is 19.0. The first-order valence-electron chi connectivity index (χ1n) is 13.6. The molecule has 0 radical (unpaired) electrons. The third-order valence-corrected chi connectivity index (χ3v) is 6.36. The third kappa shape index (κ3) is 13.5. The standard InChI is InChI=1S/C18H24.C12H14.C4H7N.C2H6/c1-3-4-12-18(13-8-5-9-14-18)15-17-11-7-6-10-16(17)2;1-4-10(2)11(3)12-8-6-5-7-9-12;1-2-3-4-5;1-2/h3-4,6-8,10-11,13H,5,9,12,14-15H2,1-2H3;4-9H,3H2,1-2H3;2-4H,1,5H2;1-2H3/b;10-4-;4-3-;/t18-;;;/m1.../s1. The topological polar surface area (TPSA) is 26.0 Å². The van der Waals surface area contributed by atoms with Gasteiger partial charge in [0.05, 0.1) is 0 Å². The Labute approximate surface area is 228 Å². The smallest absolute Gasteiger partial charge is 0.00432 e. The van der Waals surface area contributed by atoms with Crippen LogP contribution in [0.3, 0.4) is 0 Å². The molecule has 0 unspecified atom stereocenters. The van der Waals surface area contributed by atoms with Crippen molar-refractivity contribution in [3.05, 3.63) is 139 Å². The Hall–Kier alpha value is -3.32. The van der Waals surface area contributed by atoms with Crippen LogP contribution in [0.1, 0.15) is 77.0 Å². The van der Waals surface area contributed by atoms with E-state index in [0.29, 0.717) is 5.41 Å². The van der Waals surface area contributed by atoms with Crippen LogP contribution in [-0.4, -0.2) is 0 Å². The molecule has 0 aromatic heterocycles. The van der Waals surface area contributed by atoms with Crippen LogP contribution < -0.4 is 5.73 Å². The van der Waals surface area contributed by atoms with Crippen molar-refractivity contribution in [1.29, 1.82) is 0 Å². The van der Waals surface area contributed by atoms with E-state index in [-0.39, 0.29) is 0 Å². The van der Waals surface area contributed by atoms with Gasteiger partial charge in [0.25, 0.3) is 0 Å². The van der Waals surface area contributed by atoms with Gasteiger partial charge in [0.15, 0.2) is 0 Å². The fraction of sp³-hybridized carbons (Fsp3) is 0.333. The highest BCUT2D eigenvalue weighted by Gasteiger charge is 2.27. The third-order valence-electron chi connectivity index (χ3n) is 6.36. The molecule has 2 N–H and O–H groups in total. The van der Waals surface area contributed by atoms with Crippen LogP contribution in [0.15, 0.2) is 122 Å². The molecule has 2 aromatic carbocycles. The van der Waals surface area contributed by atoms with Crippen LogP contribution >= 0.6 is 0 Å². The van der Waals surface area contributed by atoms with Gasteiger partial charge in [-0.15, -0.1) is 0 Å². The molecule has 1 atom stereocenters. The van der Waals surface area contributed by atoms with Crippen molar-refractivity contribution in [3.8, 4) is 0 Å². The van der Waals surface area contributed by atoms with Gasteiger partial charge in [-0.3, -0.25) is 0 Å². The zero-order chi connectivity index (χ0) is 27.9. The summed E-state index contributed by atoms with van der Waals surface area (Å²) in [7, 11) is 0. The molecular formula is C36H51N. The number of rotatable bonds is 7. The van der Waals surface area contributed by atoms with Crippen molar-refractivity contribution < 1.29 is 0 Å². The molecular weight excluding hydrogens is 446 g/mol. The molecule has 37 heavy (non-hydrogen) atoms. The average Bonchev–Trinajstić information content (AvgIpc) is 2.95. The summed E-state index contributed by atoms with van der Waals surface area (Å²) in [5, 5.41) is 0. The van der Waals surface area contributed by atoms with Gasteiger partial charge < -0.3 is 5.73 Å². The molecule has 0 heterocycles. The van der Waals surface area contributed by atoms with Crippen LogP contribution in [0.2, 0.25) is 0 Å². The van der Waals surface area contributed by atoms with Gasteiger partial charge in [-0.1, -0.05) is 118 Å². The fourth-order valence-corrected chi connectivity index (χ4v) is 4.04. The minimum absolute atomic E-state index is 0.358. The van der Waals surface area contributed by atoms with Crippen molar-refractivity contribution in [1.82, 2.24) is 0 Å². The maximum atomic E-state index is 4.89. The van der Waals surface area contributed by atoms with E-state index in [1.165, 1.54) is 60.6 Å². The molecule has 2 aromatic rings. The van der Waals surface area contributed by atoms with E-state index in [0.717, 1.165) is 5.57 Å². The highest BCUT2D eigenvalue weighted by molar-refractivity contribution is 5.76. The lowest BCUT2D eigenvalue weighted by atomic mass is 9.71. The van der Waals surface area contributed by atoms with Gasteiger partial charge in [0.2, 0.25) is 0 Å². The maximum absolute atomic E-state index is 4.89. The average molecular weight is 498 g/mol. The van der Waals surface area contributed by atoms with Gasteiger partial charge in [0.1, 0.15) is 0 Å². The zero-order valence-electron chi connectivity index (χ0n) is 24.3. The van der Waals surface area contributed by atoms with E-state index in [4.69, 9.17) is 5.73 Å². The number of hydrogen-bond acceptors (Lipinski definition) is 1. The Morgan fingerprint density at radius 1 is 1.03 bits per heavy atom. The highest BCUT2D eigenvalue weighted by Crippen LogP contribution is 2.38. The van der Waals surface area contributed by atoms with Gasteiger partial charge >= 0.3 is 0 Å². The minimum atomic E-state index is 0.358. The second kappa shape index (κ2) is 20.8. The van der Waals surface area contributed by atoms with Crippen molar-refractivity contribution in [2.45, 2.75) is 73.6 Å². The first-order chi connectivity index (χ1) is 17.9. The largest absolute Gasteiger partial charge is 0.405 e. The molecule has 0 bridgehead atoms. The summed E-state index contributed by atoms with van der Waals surface area (Å²) in [6.07, 6.45) is 22.4. The highest BCUT2D eigenvalue weighted by atomic mass is 14.5. The molecule has 1 aliphatic rings. The second-order valence-electron chi connectivity index (χ2n) is 8.97. The van der Waals surface area contributed by atoms with Crippen molar-refractivity contribution >= 4 is 5.57 Å². The van der Waals surface area contributed by atoms with E-state index < -0.39 is 0 Å². The lowest BCUT2D eigenvalue weighted by Crippen LogP contribution is -2.23. The maximum Gasteiger partial charge on any atom is -0.00432 e. The minimum Gasteiger partial charge on any atom is -0.405 e. The molecule has 0 aliphatic heterocycles. The molecule has 1 heteroatoms. The van der Waals surface area contributed by atoms with Crippen molar-refractivity contribution in [3.63, 3.8) is 0 Å². The van der Waals surface area contributed by atoms with Crippen LogP contribution in [-0.2, 0) is 6.42 Å². The Balaban J connectivity index is 0.000000588. The SMILES string of the molecule is C=C(/C(C)=C\C)c1ccccc1.C=C/C=C\N.CC.CC=CC[C@@]1(Cc2ccccc2C)C=CCCC1. The van der Waals surface area contributed by atoms with Crippen LogP contribution in [0.4, 0.5) is 0 Å². The number of allylic oxidation sites excluding steroid dienone is 9. The Kier molecular flexibility index (Phi) is 19.0. The Bertz CT molecular complexity index is 1000. The van der Waals surface area contributed by atoms with E-state index in [1.807, 2.05) is 39.0 Å². The second-order valence-corrected chi connectivity index (χ2v) is 8.97. The monoisotopic (exact) mass is 497 g/mol. The lowest BCUT2D eigenvalue weighted by molar-refractivity contribution is 0.328. The first kappa shape index (κ1) is 33.7. The van der Waals surface area contributed by atoms with Crippen molar-refractivity contribution in [2.24, 2.45) is 11.1 Å². The molecule has 0 spiro atoms. The molecule has 200 valence electrons. The van der Waals surface area contributed by atoms with E-state index >= 15 is 0 Å². The summed E-state index contributed by atoms with van der Waals surface area (Å²) in [4.78, 5) is 0. The van der Waals surface area contributed by atoms with E-state index in [2.05, 4.69) is 101 Å². The predicted molar refractivity (Wildman–Crippen MR) is 170 cm³/mol. The summed E-state index contributed by atoms with van der Waals surface area (Å²) >= 11 is 0. The summed E-state index contributed by atoms with van der Waals surface area (Å²) < 4.78 is 0. The van der Waals surface area contributed by atoms with Crippen LogP contribution in [0.5, 0.6) is 0 Å². The number of nitrogens with two attached hydrogens (primary N) is 1. The zero-order valence-corrected chi connectivity index (χ0v) is 24.3. The first-order valence-corrected chi connectivity index (χ1v) is 13.6. The van der Waals surface area contributed by atoms with Crippen molar-refractivity contribution in [2.75, 3.05) is 0 Å². The quantitative estimate of drug-likeness (QED) is 0.299. The Morgan fingerprint density at radius 3 is 2.16 bits per heavy atom. The van der Waals surface area contributed by atoms with E-state index in [9.17, 15) is 0 Å². The van der Waals surface area contributed by atoms with Crippen LogP contribution in [0, 0.1) is 12.3 Å². The molecule has 0 saturated carbocycles. The van der Waals surface area contributed by atoms with Gasteiger partial charge in [0, 0.05) is 0 Å². The number of hydrogen-bond donors (Lipinski definition) is 1. The number of aryl methyl sites for hydroxylation is 1. The van der Waals surface area contributed by atoms with Gasteiger partial charge in [-0.2, -0.15) is 0 Å². The van der Waals surface area contributed by atoms with Gasteiger partial charge in [-0.05, 0) is 105 Å². The number of benzene rings is 2. The molecule has 1 nitrogen and oxygen atoms in total. The normalized spacial score (nSPS) is 16.5. The van der Waals surface area contributed by atoms with E-state index in [1.54, 1.807) is 12.2 Å². The molecule has 3 rings (SSSR count). The summed E-state index contributed by atoms with van der Waals surface area (Å²) in [6.45, 7) is 19.9. The fourth-order valence-electron chi connectivity index (χ4n) is 4.04. The molecule has 0 fully saturated rings. The van der Waals surface area contributed by atoms with Gasteiger partial charge in [-0.25, -0.2) is 0 Å².